The molecule has 1 aliphatic rings. The number of aromatic nitrogens is 2. The van der Waals surface area contributed by atoms with E-state index in [0.29, 0.717) is 37.9 Å². The van der Waals surface area contributed by atoms with Crippen LogP contribution in [-0.2, 0) is 11.2 Å². The molecule has 1 aromatic heterocycles. The second-order valence-corrected chi connectivity index (χ2v) is 5.84. The maximum atomic E-state index is 12.3. The van der Waals surface area contributed by atoms with Crippen LogP contribution in [0.2, 0.25) is 0 Å². The summed E-state index contributed by atoms with van der Waals surface area (Å²) in [4.78, 5) is 19.6. The Hall–Kier alpha value is -2.67. The summed E-state index contributed by atoms with van der Waals surface area (Å²) in [5, 5.41) is 10.7. The molecule has 1 atom stereocenters. The molecule has 2 heterocycles. The van der Waals surface area contributed by atoms with Crippen LogP contribution in [0.4, 0.5) is 5.82 Å². The number of H-pyrrole nitrogens is 1. The summed E-state index contributed by atoms with van der Waals surface area (Å²) in [6.45, 7) is 3.77. The van der Waals surface area contributed by atoms with E-state index in [-0.39, 0.29) is 17.2 Å². The fourth-order valence-electron chi connectivity index (χ4n) is 2.82. The van der Waals surface area contributed by atoms with Crippen LogP contribution in [0.3, 0.4) is 0 Å². The van der Waals surface area contributed by atoms with Gasteiger partial charge in [-0.05, 0) is 19.4 Å². The lowest BCUT2D eigenvalue weighted by Crippen LogP contribution is -2.26. The van der Waals surface area contributed by atoms with E-state index >= 15 is 0 Å². The maximum Gasteiger partial charge on any atom is 0.261 e. The molecule has 7 heteroatoms. The van der Waals surface area contributed by atoms with Gasteiger partial charge in [0.05, 0.1) is 24.8 Å². The van der Waals surface area contributed by atoms with Crippen LogP contribution in [0.5, 0.6) is 5.75 Å². The van der Waals surface area contributed by atoms with E-state index < -0.39 is 0 Å². The summed E-state index contributed by atoms with van der Waals surface area (Å²) in [6.07, 6.45) is 2.33. The fourth-order valence-corrected chi connectivity index (χ4v) is 2.82. The van der Waals surface area contributed by atoms with Crippen LogP contribution in [0.1, 0.15) is 30.3 Å². The molecule has 1 saturated heterocycles. The van der Waals surface area contributed by atoms with Crippen molar-refractivity contribution >= 4 is 12.0 Å². The zero-order valence-electron chi connectivity index (χ0n) is 14.2. The van der Waals surface area contributed by atoms with Crippen molar-refractivity contribution < 1.29 is 9.47 Å². The largest absolute Gasteiger partial charge is 0.494 e. The first-order valence-corrected chi connectivity index (χ1v) is 8.40. The summed E-state index contributed by atoms with van der Waals surface area (Å²) in [5.41, 5.74) is 0.856. The number of rotatable bonds is 7. The van der Waals surface area contributed by atoms with Crippen molar-refractivity contribution in [2.24, 2.45) is 0 Å². The van der Waals surface area contributed by atoms with Gasteiger partial charge < -0.3 is 25.2 Å². The van der Waals surface area contributed by atoms with E-state index in [2.05, 4.69) is 15.3 Å². The van der Waals surface area contributed by atoms with E-state index in [1.807, 2.05) is 31.2 Å². The average Bonchev–Trinajstić information content (AvgIpc) is 3.10. The van der Waals surface area contributed by atoms with E-state index in [9.17, 15) is 4.79 Å². The third-order valence-corrected chi connectivity index (χ3v) is 4.05. The fraction of sp³-hybridized carbons (Fsp3) is 0.389. The van der Waals surface area contributed by atoms with Gasteiger partial charge in [0.25, 0.3) is 5.56 Å². The number of nitrogens with zero attached hydrogens (tertiary/aromatic N) is 1. The molecular formula is C18H22N4O3. The summed E-state index contributed by atoms with van der Waals surface area (Å²) in [7, 11) is 0. The summed E-state index contributed by atoms with van der Waals surface area (Å²) in [6, 6.07) is 7.80. The minimum Gasteiger partial charge on any atom is -0.494 e. The normalized spacial score (nSPS) is 16.6. The van der Waals surface area contributed by atoms with Crippen molar-refractivity contribution in [3.63, 3.8) is 0 Å². The van der Waals surface area contributed by atoms with Crippen LogP contribution in [0.25, 0.3) is 0 Å². The van der Waals surface area contributed by atoms with Gasteiger partial charge in [-0.2, -0.15) is 0 Å². The van der Waals surface area contributed by atoms with Crippen molar-refractivity contribution in [1.29, 1.82) is 5.41 Å². The van der Waals surface area contributed by atoms with E-state index in [0.717, 1.165) is 23.9 Å². The van der Waals surface area contributed by atoms with Gasteiger partial charge in [-0.25, -0.2) is 4.98 Å². The van der Waals surface area contributed by atoms with Gasteiger partial charge in [0.2, 0.25) is 0 Å². The first kappa shape index (κ1) is 17.2. The van der Waals surface area contributed by atoms with Crippen LogP contribution in [0.15, 0.2) is 29.1 Å². The molecule has 7 nitrogen and oxygen atoms in total. The molecule has 0 radical (unpaired) electrons. The Labute approximate surface area is 145 Å². The molecule has 2 aromatic rings. The van der Waals surface area contributed by atoms with Crippen LogP contribution < -0.4 is 15.6 Å². The highest BCUT2D eigenvalue weighted by Gasteiger charge is 2.19. The summed E-state index contributed by atoms with van der Waals surface area (Å²) >= 11 is 0. The molecule has 0 bridgehead atoms. The van der Waals surface area contributed by atoms with Crippen molar-refractivity contribution in [2.75, 3.05) is 25.1 Å². The minimum atomic E-state index is -0.324. The SMILES string of the molecule is CCOc1ccccc1Cc1nc(NC2CCOC2)c(C=N)c(=O)[nH]1. The lowest BCUT2D eigenvalue weighted by molar-refractivity contribution is 0.195. The van der Waals surface area contributed by atoms with Gasteiger partial charge in [-0.15, -0.1) is 0 Å². The summed E-state index contributed by atoms with van der Waals surface area (Å²) in [5.74, 6) is 1.74. The summed E-state index contributed by atoms with van der Waals surface area (Å²) < 4.78 is 11.0. The number of hydrogen-bond donors (Lipinski definition) is 3. The Balaban J connectivity index is 1.90. The third-order valence-electron chi connectivity index (χ3n) is 4.05. The highest BCUT2D eigenvalue weighted by molar-refractivity contribution is 5.83. The first-order chi connectivity index (χ1) is 12.2. The van der Waals surface area contributed by atoms with Crippen molar-refractivity contribution in [1.82, 2.24) is 9.97 Å². The molecule has 0 aliphatic carbocycles. The van der Waals surface area contributed by atoms with Crippen molar-refractivity contribution in [3.05, 3.63) is 51.6 Å². The molecule has 1 aromatic carbocycles. The average molecular weight is 342 g/mol. The monoisotopic (exact) mass is 342 g/mol. The number of benzene rings is 1. The van der Waals surface area contributed by atoms with Gasteiger partial charge in [-0.3, -0.25) is 4.79 Å². The maximum absolute atomic E-state index is 12.3. The molecule has 25 heavy (non-hydrogen) atoms. The van der Waals surface area contributed by atoms with Crippen LogP contribution in [-0.4, -0.2) is 42.0 Å². The Morgan fingerprint density at radius 1 is 1.48 bits per heavy atom. The van der Waals surface area contributed by atoms with Crippen molar-refractivity contribution in [2.45, 2.75) is 25.8 Å². The standard InChI is InChI=1S/C18H22N4O3/c1-2-25-15-6-4-3-5-12(15)9-16-21-17(14(10-19)18(23)22-16)20-13-7-8-24-11-13/h3-6,10,13,19H,2,7-9,11H2,1H3,(H2,20,21,22,23). The molecule has 1 aliphatic heterocycles. The number of para-hydroxylation sites is 1. The second kappa shape index (κ2) is 7.94. The Morgan fingerprint density at radius 3 is 3.04 bits per heavy atom. The van der Waals surface area contributed by atoms with E-state index in [4.69, 9.17) is 14.9 Å². The van der Waals surface area contributed by atoms with Crippen molar-refractivity contribution in [3.8, 4) is 5.75 Å². The molecule has 3 N–H and O–H groups in total. The highest BCUT2D eigenvalue weighted by atomic mass is 16.5. The molecule has 0 saturated carbocycles. The number of nitrogens with one attached hydrogen (secondary N) is 3. The van der Waals surface area contributed by atoms with Gasteiger partial charge in [-0.1, -0.05) is 18.2 Å². The zero-order chi connectivity index (χ0) is 17.6. The van der Waals surface area contributed by atoms with Gasteiger partial charge in [0, 0.05) is 24.8 Å². The lowest BCUT2D eigenvalue weighted by Gasteiger charge is -2.15. The van der Waals surface area contributed by atoms with Gasteiger partial charge >= 0.3 is 0 Å². The van der Waals surface area contributed by atoms with E-state index in [1.54, 1.807) is 0 Å². The highest BCUT2D eigenvalue weighted by Crippen LogP contribution is 2.21. The predicted octanol–water partition coefficient (Wildman–Crippen LogP) is 1.96. The van der Waals surface area contributed by atoms with Crippen LogP contribution in [0, 0.1) is 5.41 Å². The molecule has 132 valence electrons. The van der Waals surface area contributed by atoms with Gasteiger partial charge in [0.1, 0.15) is 17.4 Å². The molecule has 1 unspecified atom stereocenters. The number of ether oxygens (including phenoxy) is 2. The minimum absolute atomic E-state index is 0.108. The lowest BCUT2D eigenvalue weighted by atomic mass is 10.1. The quantitative estimate of drug-likeness (QED) is 0.668. The Morgan fingerprint density at radius 2 is 2.32 bits per heavy atom. The zero-order valence-corrected chi connectivity index (χ0v) is 14.2. The third kappa shape index (κ3) is 4.06. The smallest absolute Gasteiger partial charge is 0.261 e. The van der Waals surface area contributed by atoms with Crippen LogP contribution >= 0.6 is 0 Å². The van der Waals surface area contributed by atoms with Gasteiger partial charge in [0.15, 0.2) is 0 Å². The predicted molar refractivity (Wildman–Crippen MR) is 96.0 cm³/mol. The number of aromatic amines is 1. The number of hydrogen-bond acceptors (Lipinski definition) is 6. The first-order valence-electron chi connectivity index (χ1n) is 8.40. The molecule has 3 rings (SSSR count). The molecule has 1 fully saturated rings. The second-order valence-electron chi connectivity index (χ2n) is 5.84. The number of anilines is 1. The topological polar surface area (TPSA) is 100 Å². The Bertz CT molecular complexity index is 797. The molecular weight excluding hydrogens is 320 g/mol. The molecule has 0 amide bonds. The molecule has 0 spiro atoms. The van der Waals surface area contributed by atoms with E-state index in [1.165, 1.54) is 0 Å². The Kier molecular flexibility index (Phi) is 5.45.